The van der Waals surface area contributed by atoms with Gasteiger partial charge in [-0.3, -0.25) is 9.59 Å². The Morgan fingerprint density at radius 1 is 0.667 bits per heavy atom. The van der Waals surface area contributed by atoms with Crippen LogP contribution in [0.4, 0.5) is 0 Å². The van der Waals surface area contributed by atoms with Gasteiger partial charge in [-0.15, -0.1) is 0 Å². The van der Waals surface area contributed by atoms with Gasteiger partial charge in [0, 0.05) is 0 Å². The van der Waals surface area contributed by atoms with Crippen LogP contribution in [-0.4, -0.2) is 22.2 Å². The van der Waals surface area contributed by atoms with Gasteiger partial charge in [0.05, 0.1) is 0 Å². The van der Waals surface area contributed by atoms with E-state index in [4.69, 9.17) is 0 Å². The summed E-state index contributed by atoms with van der Waals surface area (Å²) in [5.41, 5.74) is -1.45. The zero-order valence-corrected chi connectivity index (χ0v) is 14.5. The standard InChI is InChI=1S/C17H32O4/c1-15(2,3)9-7-11-17(13(18)19,14(20)21)12-8-10-16(4,5)6/h7-12H2,1-6H3,(H,18,19)(H,20,21). The smallest absolute Gasteiger partial charge is 0.321 e. The number of hydrogen-bond acceptors (Lipinski definition) is 2. The van der Waals surface area contributed by atoms with Crippen molar-refractivity contribution in [3.05, 3.63) is 0 Å². The molecule has 0 bridgehead atoms. The molecule has 0 aromatic carbocycles. The molecule has 4 heteroatoms. The summed E-state index contributed by atoms with van der Waals surface area (Å²) in [5.74, 6) is -2.39. The second kappa shape index (κ2) is 7.28. The van der Waals surface area contributed by atoms with E-state index in [-0.39, 0.29) is 23.7 Å². The van der Waals surface area contributed by atoms with Crippen molar-refractivity contribution in [2.75, 3.05) is 0 Å². The molecule has 0 aliphatic heterocycles. The summed E-state index contributed by atoms with van der Waals surface area (Å²) in [7, 11) is 0. The van der Waals surface area contributed by atoms with E-state index in [9.17, 15) is 19.8 Å². The molecule has 21 heavy (non-hydrogen) atoms. The molecule has 0 amide bonds. The summed E-state index contributed by atoms with van der Waals surface area (Å²) in [4.78, 5) is 23.2. The molecule has 0 aromatic rings. The molecule has 0 unspecified atom stereocenters. The Morgan fingerprint density at radius 2 is 0.952 bits per heavy atom. The van der Waals surface area contributed by atoms with Crippen LogP contribution in [0.1, 0.15) is 80.1 Å². The third-order valence-electron chi connectivity index (χ3n) is 3.88. The van der Waals surface area contributed by atoms with Gasteiger partial charge in [0.1, 0.15) is 0 Å². The first-order valence-electron chi connectivity index (χ1n) is 7.77. The van der Waals surface area contributed by atoms with Crippen LogP contribution in [0, 0.1) is 16.2 Å². The van der Waals surface area contributed by atoms with Crippen LogP contribution >= 0.6 is 0 Å². The van der Waals surface area contributed by atoms with Crippen LogP contribution < -0.4 is 0 Å². The van der Waals surface area contributed by atoms with E-state index in [0.29, 0.717) is 12.8 Å². The van der Waals surface area contributed by atoms with E-state index in [1.807, 2.05) is 0 Å². The van der Waals surface area contributed by atoms with E-state index in [0.717, 1.165) is 12.8 Å². The molecular weight excluding hydrogens is 268 g/mol. The summed E-state index contributed by atoms with van der Waals surface area (Å²) >= 11 is 0. The summed E-state index contributed by atoms with van der Waals surface area (Å²) < 4.78 is 0. The molecule has 0 saturated heterocycles. The van der Waals surface area contributed by atoms with E-state index in [2.05, 4.69) is 41.5 Å². The Bertz CT molecular complexity index is 322. The van der Waals surface area contributed by atoms with E-state index >= 15 is 0 Å². The minimum Gasteiger partial charge on any atom is -0.480 e. The Labute approximate surface area is 128 Å². The molecule has 0 fully saturated rings. The minimum atomic E-state index is -1.63. The van der Waals surface area contributed by atoms with Gasteiger partial charge in [0.15, 0.2) is 5.41 Å². The SMILES string of the molecule is CC(C)(C)CCCC(CCCC(C)(C)C)(C(=O)O)C(=O)O. The van der Waals surface area contributed by atoms with Gasteiger partial charge in [0.2, 0.25) is 0 Å². The quantitative estimate of drug-likeness (QED) is 0.644. The highest BCUT2D eigenvalue weighted by molar-refractivity contribution is 5.98. The van der Waals surface area contributed by atoms with Crippen molar-refractivity contribution in [1.82, 2.24) is 0 Å². The highest BCUT2D eigenvalue weighted by Crippen LogP contribution is 2.36. The normalized spacial score (nSPS) is 13.2. The molecular formula is C17H32O4. The van der Waals surface area contributed by atoms with Gasteiger partial charge < -0.3 is 10.2 Å². The fraction of sp³-hybridized carbons (Fsp3) is 0.882. The molecule has 0 spiro atoms. The van der Waals surface area contributed by atoms with Crippen molar-refractivity contribution in [3.8, 4) is 0 Å². The van der Waals surface area contributed by atoms with Crippen LogP contribution in [0.2, 0.25) is 0 Å². The maximum absolute atomic E-state index is 11.6. The predicted octanol–water partition coefficient (Wildman–Crippen LogP) is 4.57. The molecule has 0 aromatic heterocycles. The molecule has 0 rings (SSSR count). The fourth-order valence-corrected chi connectivity index (χ4v) is 2.49. The van der Waals surface area contributed by atoms with Gasteiger partial charge in [-0.1, -0.05) is 54.4 Å². The first-order valence-corrected chi connectivity index (χ1v) is 7.77. The van der Waals surface area contributed by atoms with Crippen LogP contribution in [0.15, 0.2) is 0 Å². The van der Waals surface area contributed by atoms with Gasteiger partial charge in [-0.25, -0.2) is 0 Å². The average molecular weight is 300 g/mol. The predicted molar refractivity (Wildman–Crippen MR) is 84.3 cm³/mol. The van der Waals surface area contributed by atoms with Gasteiger partial charge in [-0.2, -0.15) is 0 Å². The monoisotopic (exact) mass is 300 g/mol. The van der Waals surface area contributed by atoms with Crippen molar-refractivity contribution in [2.24, 2.45) is 16.2 Å². The maximum Gasteiger partial charge on any atom is 0.321 e. The largest absolute Gasteiger partial charge is 0.480 e. The Kier molecular flexibility index (Phi) is 6.91. The number of hydrogen-bond donors (Lipinski definition) is 2. The molecule has 0 radical (unpaired) electrons. The second-order valence-electron chi connectivity index (χ2n) is 8.52. The Morgan fingerprint density at radius 3 is 1.14 bits per heavy atom. The third kappa shape index (κ3) is 7.49. The van der Waals surface area contributed by atoms with E-state index in [1.165, 1.54) is 0 Å². The van der Waals surface area contributed by atoms with E-state index < -0.39 is 17.4 Å². The summed E-state index contributed by atoms with van der Waals surface area (Å²) in [6.45, 7) is 12.5. The minimum absolute atomic E-state index is 0.0914. The van der Waals surface area contributed by atoms with Crippen LogP contribution in [0.3, 0.4) is 0 Å². The summed E-state index contributed by atoms with van der Waals surface area (Å²) in [6, 6.07) is 0. The lowest BCUT2D eigenvalue weighted by Crippen LogP contribution is -2.39. The van der Waals surface area contributed by atoms with Gasteiger partial charge in [0.25, 0.3) is 0 Å². The molecule has 0 aliphatic rings. The van der Waals surface area contributed by atoms with E-state index in [1.54, 1.807) is 0 Å². The van der Waals surface area contributed by atoms with Crippen molar-refractivity contribution in [1.29, 1.82) is 0 Å². The number of carboxylic acid groups (broad SMARTS) is 2. The highest BCUT2D eigenvalue weighted by Gasteiger charge is 2.45. The molecule has 0 heterocycles. The number of rotatable bonds is 8. The Hall–Kier alpha value is -1.06. The lowest BCUT2D eigenvalue weighted by molar-refractivity contribution is -0.166. The zero-order chi connectivity index (χ0) is 16.9. The topological polar surface area (TPSA) is 74.6 Å². The molecule has 0 saturated carbocycles. The van der Waals surface area contributed by atoms with Crippen LogP contribution in [0.5, 0.6) is 0 Å². The zero-order valence-electron chi connectivity index (χ0n) is 14.5. The van der Waals surface area contributed by atoms with Gasteiger partial charge in [-0.05, 0) is 36.5 Å². The second-order valence-corrected chi connectivity index (χ2v) is 8.52. The molecule has 0 aliphatic carbocycles. The lowest BCUT2D eigenvalue weighted by Gasteiger charge is -2.28. The first-order chi connectivity index (χ1) is 9.30. The molecule has 2 N–H and O–H groups in total. The van der Waals surface area contributed by atoms with Crippen LogP contribution in [0.25, 0.3) is 0 Å². The van der Waals surface area contributed by atoms with Gasteiger partial charge >= 0.3 is 11.9 Å². The van der Waals surface area contributed by atoms with Crippen molar-refractivity contribution >= 4 is 11.9 Å². The van der Waals surface area contributed by atoms with Crippen molar-refractivity contribution in [2.45, 2.75) is 80.1 Å². The summed E-state index contributed by atoms with van der Waals surface area (Å²) in [6.07, 6.45) is 3.32. The third-order valence-corrected chi connectivity index (χ3v) is 3.88. The molecule has 124 valence electrons. The van der Waals surface area contributed by atoms with Crippen molar-refractivity contribution < 1.29 is 19.8 Å². The number of aliphatic carboxylic acids is 2. The van der Waals surface area contributed by atoms with Crippen molar-refractivity contribution in [3.63, 3.8) is 0 Å². The fourth-order valence-electron chi connectivity index (χ4n) is 2.49. The van der Waals surface area contributed by atoms with Crippen LogP contribution in [-0.2, 0) is 9.59 Å². The average Bonchev–Trinajstić information content (AvgIpc) is 2.22. The molecule has 4 nitrogen and oxygen atoms in total. The Balaban J connectivity index is 4.85. The first kappa shape index (κ1) is 19.9. The maximum atomic E-state index is 11.6. The lowest BCUT2D eigenvalue weighted by atomic mass is 9.75. The number of carboxylic acids is 2. The highest BCUT2D eigenvalue weighted by atomic mass is 16.4. The molecule has 0 atom stereocenters. The summed E-state index contributed by atoms with van der Waals surface area (Å²) in [5, 5.41) is 18.9. The number of carbonyl (C=O) groups is 2.